The number of hydrogen-bond donors (Lipinski definition) is 1. The summed E-state index contributed by atoms with van der Waals surface area (Å²) in [4.78, 5) is 2.67. The minimum Gasteiger partial charge on any atom is -0.313 e. The Morgan fingerprint density at radius 2 is 2.00 bits per heavy atom. The maximum absolute atomic E-state index is 3.39. The van der Waals surface area contributed by atoms with Crippen LogP contribution in [-0.4, -0.2) is 37.6 Å². The van der Waals surface area contributed by atoms with Crippen LogP contribution in [0, 0.1) is 5.41 Å². The topological polar surface area (TPSA) is 15.3 Å². The number of likely N-dealkylation sites (tertiary alicyclic amines) is 1. The van der Waals surface area contributed by atoms with Crippen LogP contribution >= 0.6 is 0 Å². The Bertz CT molecular complexity index is 268. The van der Waals surface area contributed by atoms with Crippen molar-refractivity contribution in [1.82, 2.24) is 10.2 Å². The van der Waals surface area contributed by atoms with Gasteiger partial charge < -0.3 is 5.32 Å². The molecule has 0 atom stereocenters. The summed E-state index contributed by atoms with van der Waals surface area (Å²) in [7, 11) is 0. The van der Waals surface area contributed by atoms with E-state index in [-0.39, 0.29) is 0 Å². The van der Waals surface area contributed by atoms with Gasteiger partial charge in [-0.2, -0.15) is 0 Å². The smallest absolute Gasteiger partial charge is 0.0194 e. The first-order valence-electron chi connectivity index (χ1n) is 6.97. The summed E-state index contributed by atoms with van der Waals surface area (Å²) in [6.45, 7) is 6.30. The average Bonchev–Trinajstić information content (AvgIpc) is 2.30. The molecule has 0 aromatic rings. The monoisotopic (exact) mass is 220 g/mol. The molecule has 3 aliphatic rings. The van der Waals surface area contributed by atoms with Crippen molar-refractivity contribution in [1.29, 1.82) is 0 Å². The van der Waals surface area contributed by atoms with E-state index in [9.17, 15) is 0 Å². The quantitative estimate of drug-likeness (QED) is 0.718. The molecular weight excluding hydrogens is 196 g/mol. The van der Waals surface area contributed by atoms with Crippen molar-refractivity contribution in [3.63, 3.8) is 0 Å². The molecule has 1 saturated heterocycles. The fourth-order valence-corrected chi connectivity index (χ4v) is 3.73. The first kappa shape index (κ1) is 10.8. The van der Waals surface area contributed by atoms with Crippen molar-refractivity contribution in [3.05, 3.63) is 11.6 Å². The van der Waals surface area contributed by atoms with E-state index in [0.717, 1.165) is 12.0 Å². The lowest BCUT2D eigenvalue weighted by atomic mass is 9.68. The molecule has 2 nitrogen and oxygen atoms in total. The third-order valence-electron chi connectivity index (χ3n) is 4.62. The van der Waals surface area contributed by atoms with Crippen molar-refractivity contribution < 1.29 is 0 Å². The van der Waals surface area contributed by atoms with Gasteiger partial charge in [-0.1, -0.05) is 30.9 Å². The molecule has 2 aliphatic heterocycles. The Hall–Kier alpha value is -0.340. The van der Waals surface area contributed by atoms with E-state index >= 15 is 0 Å². The molecule has 0 radical (unpaired) electrons. The SMILES string of the molecule is C1=C(CN2CC3(CCCCC3)C2)CCNC1. The molecule has 1 saturated carbocycles. The zero-order valence-electron chi connectivity index (χ0n) is 10.3. The van der Waals surface area contributed by atoms with E-state index < -0.39 is 0 Å². The van der Waals surface area contributed by atoms with Gasteiger partial charge in [-0.05, 0) is 31.2 Å². The molecule has 1 spiro atoms. The van der Waals surface area contributed by atoms with Crippen LogP contribution in [0.3, 0.4) is 0 Å². The molecule has 16 heavy (non-hydrogen) atoms. The summed E-state index contributed by atoms with van der Waals surface area (Å²) in [5.41, 5.74) is 2.43. The second-order valence-electron chi connectivity index (χ2n) is 6.02. The zero-order valence-corrected chi connectivity index (χ0v) is 10.3. The Morgan fingerprint density at radius 3 is 2.69 bits per heavy atom. The van der Waals surface area contributed by atoms with E-state index in [4.69, 9.17) is 0 Å². The number of nitrogens with one attached hydrogen (secondary N) is 1. The van der Waals surface area contributed by atoms with Gasteiger partial charge in [0.2, 0.25) is 0 Å². The van der Waals surface area contributed by atoms with Gasteiger partial charge in [0.25, 0.3) is 0 Å². The van der Waals surface area contributed by atoms with Crippen molar-refractivity contribution in [3.8, 4) is 0 Å². The van der Waals surface area contributed by atoms with Gasteiger partial charge in [0.1, 0.15) is 0 Å². The lowest BCUT2D eigenvalue weighted by Gasteiger charge is -2.53. The Labute approximate surface area is 99.1 Å². The fraction of sp³-hybridized carbons (Fsp3) is 0.857. The predicted octanol–water partition coefficient (Wildman–Crippen LogP) is 2.17. The van der Waals surface area contributed by atoms with Gasteiger partial charge in [-0.15, -0.1) is 0 Å². The first-order valence-corrected chi connectivity index (χ1v) is 6.97. The summed E-state index contributed by atoms with van der Waals surface area (Å²) in [6, 6.07) is 0. The molecule has 3 rings (SSSR count). The molecule has 2 fully saturated rings. The lowest BCUT2D eigenvalue weighted by molar-refractivity contribution is -0.0220. The van der Waals surface area contributed by atoms with Crippen LogP contribution in [0.25, 0.3) is 0 Å². The Morgan fingerprint density at radius 1 is 1.19 bits per heavy atom. The second-order valence-corrected chi connectivity index (χ2v) is 6.02. The lowest BCUT2D eigenvalue weighted by Crippen LogP contribution is -2.57. The van der Waals surface area contributed by atoms with Crippen molar-refractivity contribution in [2.75, 3.05) is 32.7 Å². The van der Waals surface area contributed by atoms with Crippen LogP contribution in [-0.2, 0) is 0 Å². The molecule has 90 valence electrons. The maximum Gasteiger partial charge on any atom is 0.0194 e. The third-order valence-corrected chi connectivity index (χ3v) is 4.62. The Kier molecular flexibility index (Phi) is 3.03. The first-order chi connectivity index (χ1) is 7.86. The van der Waals surface area contributed by atoms with Gasteiger partial charge in [0, 0.05) is 26.2 Å². The predicted molar refractivity (Wildman–Crippen MR) is 67.5 cm³/mol. The van der Waals surface area contributed by atoms with E-state index in [1.54, 1.807) is 5.57 Å². The molecule has 2 heteroatoms. The molecule has 0 amide bonds. The van der Waals surface area contributed by atoms with Crippen molar-refractivity contribution in [2.45, 2.75) is 38.5 Å². The average molecular weight is 220 g/mol. The fourth-order valence-electron chi connectivity index (χ4n) is 3.73. The van der Waals surface area contributed by atoms with E-state index in [2.05, 4.69) is 16.3 Å². The molecule has 1 aliphatic carbocycles. The number of hydrogen-bond acceptors (Lipinski definition) is 2. The summed E-state index contributed by atoms with van der Waals surface area (Å²) < 4.78 is 0. The van der Waals surface area contributed by atoms with Crippen LogP contribution in [0.4, 0.5) is 0 Å². The van der Waals surface area contributed by atoms with E-state index in [1.165, 1.54) is 64.7 Å². The van der Waals surface area contributed by atoms with Gasteiger partial charge in [0.15, 0.2) is 0 Å². The second kappa shape index (κ2) is 4.50. The summed E-state index contributed by atoms with van der Waals surface area (Å²) in [5, 5.41) is 3.39. The van der Waals surface area contributed by atoms with Crippen LogP contribution in [0.5, 0.6) is 0 Å². The molecule has 1 N–H and O–H groups in total. The van der Waals surface area contributed by atoms with Crippen molar-refractivity contribution >= 4 is 0 Å². The third kappa shape index (κ3) is 2.18. The minimum atomic E-state index is 0.756. The molecule has 0 unspecified atom stereocenters. The van der Waals surface area contributed by atoms with Crippen LogP contribution in [0.2, 0.25) is 0 Å². The molecule has 0 aromatic heterocycles. The minimum absolute atomic E-state index is 0.756. The van der Waals surface area contributed by atoms with Gasteiger partial charge in [-0.3, -0.25) is 4.90 Å². The molecule has 2 heterocycles. The van der Waals surface area contributed by atoms with Crippen LogP contribution < -0.4 is 5.32 Å². The Balaban J connectivity index is 1.47. The van der Waals surface area contributed by atoms with Crippen molar-refractivity contribution in [2.24, 2.45) is 5.41 Å². The largest absolute Gasteiger partial charge is 0.313 e. The maximum atomic E-state index is 3.39. The van der Waals surface area contributed by atoms with Gasteiger partial charge >= 0.3 is 0 Å². The summed E-state index contributed by atoms with van der Waals surface area (Å²) >= 11 is 0. The highest BCUT2D eigenvalue weighted by atomic mass is 15.2. The normalized spacial score (nSPS) is 29.9. The highest BCUT2D eigenvalue weighted by Crippen LogP contribution is 2.43. The molecular formula is C14H24N2. The number of rotatable bonds is 2. The highest BCUT2D eigenvalue weighted by Gasteiger charge is 2.42. The highest BCUT2D eigenvalue weighted by molar-refractivity contribution is 5.11. The molecule has 0 bridgehead atoms. The van der Waals surface area contributed by atoms with Gasteiger partial charge in [0.05, 0.1) is 0 Å². The van der Waals surface area contributed by atoms with Crippen LogP contribution in [0.15, 0.2) is 11.6 Å². The summed E-state index contributed by atoms with van der Waals surface area (Å²) in [6.07, 6.45) is 11.1. The van der Waals surface area contributed by atoms with E-state index in [1.807, 2.05) is 0 Å². The number of nitrogens with zero attached hydrogens (tertiary/aromatic N) is 1. The zero-order chi connectivity index (χ0) is 10.8. The summed E-state index contributed by atoms with van der Waals surface area (Å²) in [5.74, 6) is 0. The van der Waals surface area contributed by atoms with Crippen LogP contribution in [0.1, 0.15) is 38.5 Å². The standard InChI is InChI=1S/C14H24N2/c1-2-6-14(7-3-1)11-16(12-14)10-13-4-8-15-9-5-13/h4,15H,1-3,5-12H2. The van der Waals surface area contributed by atoms with Gasteiger partial charge in [-0.25, -0.2) is 0 Å². The molecule has 0 aromatic carbocycles. The van der Waals surface area contributed by atoms with E-state index in [0.29, 0.717) is 0 Å².